The molecule has 0 amide bonds. The van der Waals surface area contributed by atoms with Gasteiger partial charge in [0.1, 0.15) is 0 Å². The van der Waals surface area contributed by atoms with Gasteiger partial charge in [-0.3, -0.25) is 0 Å². The number of ether oxygens (including phenoxy) is 1. The molecule has 0 radical (unpaired) electrons. The molecule has 1 aliphatic rings. The molecule has 1 N–H and O–H groups in total. The van der Waals surface area contributed by atoms with E-state index in [1.165, 1.54) is 43.2 Å². The quantitative estimate of drug-likeness (QED) is 0.777. The van der Waals surface area contributed by atoms with Crippen LogP contribution in [0.3, 0.4) is 0 Å². The van der Waals surface area contributed by atoms with Crippen LogP contribution in [0.5, 0.6) is 0 Å². The lowest BCUT2D eigenvalue weighted by Crippen LogP contribution is -2.25. The van der Waals surface area contributed by atoms with E-state index in [0.717, 1.165) is 13.2 Å². The Labute approximate surface area is 130 Å². The maximum absolute atomic E-state index is 5.87. The molecule has 2 unspecified atom stereocenters. The largest absolute Gasteiger partial charge is 0.378 e. The van der Waals surface area contributed by atoms with Gasteiger partial charge in [0.2, 0.25) is 0 Å². The third kappa shape index (κ3) is 5.12. The minimum absolute atomic E-state index is 0.460. The van der Waals surface area contributed by atoms with Gasteiger partial charge in [-0.15, -0.1) is 0 Å². The van der Waals surface area contributed by atoms with Gasteiger partial charge in [-0.25, -0.2) is 0 Å². The highest BCUT2D eigenvalue weighted by molar-refractivity contribution is 5.26. The van der Waals surface area contributed by atoms with Crippen LogP contribution in [0.15, 0.2) is 24.3 Å². The minimum atomic E-state index is 0.460. The molecule has 118 valence electrons. The van der Waals surface area contributed by atoms with Crippen LogP contribution in [-0.2, 0) is 4.74 Å². The topological polar surface area (TPSA) is 21.3 Å². The summed E-state index contributed by atoms with van der Waals surface area (Å²) in [6.45, 7) is 8.66. The SMILES string of the molecule is CCNC(CCC1CCCCO1)c1ccc(C(C)C)cc1. The van der Waals surface area contributed by atoms with E-state index in [2.05, 4.69) is 50.4 Å². The van der Waals surface area contributed by atoms with E-state index < -0.39 is 0 Å². The molecule has 0 saturated carbocycles. The third-order valence-corrected chi connectivity index (χ3v) is 4.51. The summed E-state index contributed by atoms with van der Waals surface area (Å²) in [4.78, 5) is 0. The number of nitrogens with one attached hydrogen (secondary N) is 1. The molecular formula is C19H31NO. The average Bonchev–Trinajstić information content (AvgIpc) is 2.52. The Morgan fingerprint density at radius 2 is 1.86 bits per heavy atom. The molecule has 1 aromatic rings. The van der Waals surface area contributed by atoms with E-state index in [0.29, 0.717) is 18.1 Å². The molecule has 0 aliphatic carbocycles. The summed E-state index contributed by atoms with van der Waals surface area (Å²) in [5.74, 6) is 0.604. The Bertz CT molecular complexity index is 393. The Balaban J connectivity index is 1.93. The van der Waals surface area contributed by atoms with Crippen LogP contribution in [0.1, 0.15) is 76.0 Å². The van der Waals surface area contributed by atoms with E-state index in [4.69, 9.17) is 4.74 Å². The van der Waals surface area contributed by atoms with Crippen molar-refractivity contribution in [2.24, 2.45) is 0 Å². The van der Waals surface area contributed by atoms with E-state index in [-0.39, 0.29) is 0 Å². The van der Waals surface area contributed by atoms with Gasteiger partial charge in [0.15, 0.2) is 0 Å². The van der Waals surface area contributed by atoms with Crippen LogP contribution < -0.4 is 5.32 Å². The van der Waals surface area contributed by atoms with Crippen LogP contribution in [0.4, 0.5) is 0 Å². The summed E-state index contributed by atoms with van der Waals surface area (Å²) in [6.07, 6.45) is 6.63. The second kappa shape index (κ2) is 8.55. The molecule has 1 fully saturated rings. The van der Waals surface area contributed by atoms with Gasteiger partial charge >= 0.3 is 0 Å². The van der Waals surface area contributed by atoms with Crippen LogP contribution in [0.2, 0.25) is 0 Å². The van der Waals surface area contributed by atoms with E-state index in [1.54, 1.807) is 0 Å². The van der Waals surface area contributed by atoms with Gasteiger partial charge in [0.05, 0.1) is 6.10 Å². The van der Waals surface area contributed by atoms with Gasteiger partial charge in [-0.2, -0.15) is 0 Å². The van der Waals surface area contributed by atoms with Crippen molar-refractivity contribution >= 4 is 0 Å². The summed E-state index contributed by atoms with van der Waals surface area (Å²) >= 11 is 0. The highest BCUT2D eigenvalue weighted by atomic mass is 16.5. The molecule has 21 heavy (non-hydrogen) atoms. The van der Waals surface area contributed by atoms with Crippen molar-refractivity contribution in [1.82, 2.24) is 5.32 Å². The molecule has 2 heteroatoms. The Kier molecular flexibility index (Phi) is 6.72. The molecular weight excluding hydrogens is 258 g/mol. The first-order valence-corrected chi connectivity index (χ1v) is 8.65. The van der Waals surface area contributed by atoms with Gasteiger partial charge in [0.25, 0.3) is 0 Å². The van der Waals surface area contributed by atoms with Crippen molar-refractivity contribution < 1.29 is 4.74 Å². The summed E-state index contributed by atoms with van der Waals surface area (Å²) in [5.41, 5.74) is 2.83. The second-order valence-corrected chi connectivity index (χ2v) is 6.50. The Morgan fingerprint density at radius 3 is 2.43 bits per heavy atom. The van der Waals surface area contributed by atoms with Crippen molar-refractivity contribution in [3.05, 3.63) is 35.4 Å². The molecule has 1 saturated heterocycles. The zero-order chi connectivity index (χ0) is 15.1. The van der Waals surface area contributed by atoms with Crippen molar-refractivity contribution in [3.63, 3.8) is 0 Å². The second-order valence-electron chi connectivity index (χ2n) is 6.50. The van der Waals surface area contributed by atoms with Crippen LogP contribution in [-0.4, -0.2) is 19.3 Å². The highest BCUT2D eigenvalue weighted by Gasteiger charge is 2.17. The fourth-order valence-corrected chi connectivity index (χ4v) is 3.13. The normalized spacial score (nSPS) is 20.7. The number of hydrogen-bond donors (Lipinski definition) is 1. The fourth-order valence-electron chi connectivity index (χ4n) is 3.13. The lowest BCUT2D eigenvalue weighted by molar-refractivity contribution is 0.00856. The monoisotopic (exact) mass is 289 g/mol. The van der Waals surface area contributed by atoms with Gasteiger partial charge in [-0.05, 0) is 55.7 Å². The predicted molar refractivity (Wildman–Crippen MR) is 89.8 cm³/mol. The smallest absolute Gasteiger partial charge is 0.0575 e. The van der Waals surface area contributed by atoms with Gasteiger partial charge < -0.3 is 10.1 Å². The molecule has 2 atom stereocenters. The van der Waals surface area contributed by atoms with Crippen molar-refractivity contribution in [2.45, 2.75) is 70.9 Å². The number of rotatable bonds is 7. The highest BCUT2D eigenvalue weighted by Crippen LogP contribution is 2.25. The molecule has 1 aliphatic heterocycles. The molecule has 1 heterocycles. The zero-order valence-electron chi connectivity index (χ0n) is 13.9. The lowest BCUT2D eigenvalue weighted by atomic mass is 9.95. The van der Waals surface area contributed by atoms with Crippen LogP contribution >= 0.6 is 0 Å². The van der Waals surface area contributed by atoms with Crippen LogP contribution in [0.25, 0.3) is 0 Å². The van der Waals surface area contributed by atoms with Crippen LogP contribution in [0, 0.1) is 0 Å². The van der Waals surface area contributed by atoms with Crippen molar-refractivity contribution in [2.75, 3.05) is 13.2 Å². The van der Waals surface area contributed by atoms with E-state index >= 15 is 0 Å². The summed E-state index contributed by atoms with van der Waals surface area (Å²) in [6, 6.07) is 9.61. The third-order valence-electron chi connectivity index (χ3n) is 4.51. The van der Waals surface area contributed by atoms with Crippen molar-refractivity contribution in [1.29, 1.82) is 0 Å². The van der Waals surface area contributed by atoms with Crippen molar-refractivity contribution in [3.8, 4) is 0 Å². The summed E-state index contributed by atoms with van der Waals surface area (Å²) < 4.78 is 5.87. The Hall–Kier alpha value is -0.860. The fraction of sp³-hybridized carbons (Fsp3) is 0.684. The minimum Gasteiger partial charge on any atom is -0.378 e. The summed E-state index contributed by atoms with van der Waals surface area (Å²) in [7, 11) is 0. The molecule has 2 rings (SSSR count). The molecule has 2 nitrogen and oxygen atoms in total. The standard InChI is InChI=1S/C19H31NO/c1-4-20-19(13-12-18-7-5-6-14-21-18)17-10-8-16(9-11-17)15(2)3/h8-11,15,18-20H,4-7,12-14H2,1-3H3. The van der Waals surface area contributed by atoms with E-state index in [9.17, 15) is 0 Å². The molecule has 0 bridgehead atoms. The maximum atomic E-state index is 5.87. The predicted octanol–water partition coefficient (Wildman–Crippen LogP) is 4.81. The van der Waals surface area contributed by atoms with Gasteiger partial charge in [-0.1, -0.05) is 45.0 Å². The first kappa shape index (κ1) is 16.5. The van der Waals surface area contributed by atoms with E-state index in [1.807, 2.05) is 0 Å². The lowest BCUT2D eigenvalue weighted by Gasteiger charge is -2.25. The average molecular weight is 289 g/mol. The summed E-state index contributed by atoms with van der Waals surface area (Å²) in [5, 5.41) is 3.63. The number of hydrogen-bond acceptors (Lipinski definition) is 2. The zero-order valence-corrected chi connectivity index (χ0v) is 13.9. The Morgan fingerprint density at radius 1 is 1.14 bits per heavy atom. The molecule has 0 aromatic heterocycles. The molecule has 0 spiro atoms. The maximum Gasteiger partial charge on any atom is 0.0575 e. The molecule has 1 aromatic carbocycles. The first-order valence-electron chi connectivity index (χ1n) is 8.65. The number of benzene rings is 1. The van der Waals surface area contributed by atoms with Gasteiger partial charge in [0, 0.05) is 12.6 Å². The first-order chi connectivity index (χ1) is 10.2.